The molecule has 5 heteroatoms. The Kier molecular flexibility index (Phi) is 4.65. The largest absolute Gasteiger partial charge is 0.359 e. The number of carbonyl (C=O) groups is 1. The zero-order valence-electron chi connectivity index (χ0n) is 10.5. The number of amidine groups is 1. The monoisotopic (exact) mass is 243 g/mol. The first-order valence-corrected chi connectivity index (χ1v) is 6.67. The van der Waals surface area contributed by atoms with Crippen molar-refractivity contribution < 1.29 is 4.79 Å². The number of carbonyl (C=O) groups excluding carboxylic acids is 1. The van der Waals surface area contributed by atoms with Crippen LogP contribution in [0.25, 0.3) is 0 Å². The van der Waals surface area contributed by atoms with Crippen LogP contribution in [-0.4, -0.2) is 47.9 Å². The molecule has 0 aromatic heterocycles. The lowest BCUT2D eigenvalue weighted by atomic mass is 9.96. The first-order chi connectivity index (χ1) is 7.53. The van der Waals surface area contributed by atoms with E-state index in [1.54, 1.807) is 30.8 Å². The van der Waals surface area contributed by atoms with Crippen molar-refractivity contribution in [2.45, 2.75) is 32.2 Å². The molecule has 0 radical (unpaired) electrons. The summed E-state index contributed by atoms with van der Waals surface area (Å²) in [5.74, 6) is 1.09. The summed E-state index contributed by atoms with van der Waals surface area (Å²) in [5.41, 5.74) is 0.185. The van der Waals surface area contributed by atoms with Gasteiger partial charge in [-0.05, 0) is 12.8 Å². The fourth-order valence-corrected chi connectivity index (χ4v) is 2.84. The van der Waals surface area contributed by atoms with Crippen molar-refractivity contribution in [2.24, 2.45) is 4.99 Å². The highest BCUT2D eigenvalue weighted by molar-refractivity contribution is 8.14. The first kappa shape index (κ1) is 13.4. The normalized spacial score (nSPS) is 20.9. The molecule has 4 nitrogen and oxygen atoms in total. The van der Waals surface area contributed by atoms with Crippen LogP contribution >= 0.6 is 11.8 Å². The van der Waals surface area contributed by atoms with E-state index in [-0.39, 0.29) is 18.0 Å². The number of rotatable bonds is 4. The molecule has 1 rings (SSSR count). The van der Waals surface area contributed by atoms with E-state index in [2.05, 4.69) is 24.2 Å². The first-order valence-electron chi connectivity index (χ1n) is 5.68. The van der Waals surface area contributed by atoms with E-state index < -0.39 is 0 Å². The molecule has 1 fully saturated rings. The number of amides is 1. The molecule has 16 heavy (non-hydrogen) atoms. The van der Waals surface area contributed by atoms with Gasteiger partial charge in [-0.3, -0.25) is 9.79 Å². The van der Waals surface area contributed by atoms with Crippen molar-refractivity contribution in [3.63, 3.8) is 0 Å². The molecule has 92 valence electrons. The van der Waals surface area contributed by atoms with Crippen molar-refractivity contribution >= 4 is 22.8 Å². The van der Waals surface area contributed by atoms with E-state index in [1.165, 1.54) is 0 Å². The predicted octanol–water partition coefficient (Wildman–Crippen LogP) is 1.33. The molecule has 1 N–H and O–H groups in total. The number of thioether (sulfide) groups is 1. The van der Waals surface area contributed by atoms with Crippen LogP contribution < -0.4 is 5.32 Å². The fourth-order valence-electron chi connectivity index (χ4n) is 1.50. The Labute approximate surface area is 102 Å². The van der Waals surface area contributed by atoms with Crippen LogP contribution in [0.15, 0.2) is 4.99 Å². The molecule has 0 unspecified atom stereocenters. The third-order valence-corrected chi connectivity index (χ3v) is 4.27. The van der Waals surface area contributed by atoms with Gasteiger partial charge < -0.3 is 10.2 Å². The summed E-state index contributed by atoms with van der Waals surface area (Å²) in [6.07, 6.45) is 2.19. The van der Waals surface area contributed by atoms with Gasteiger partial charge in [0, 0.05) is 25.4 Å². The SMILES string of the molecule is CCC1(CC)CSC(=NCC(=O)N(C)C)N1. The van der Waals surface area contributed by atoms with E-state index in [4.69, 9.17) is 0 Å². The highest BCUT2D eigenvalue weighted by Gasteiger charge is 2.33. The minimum atomic E-state index is 0.0420. The second-order valence-electron chi connectivity index (χ2n) is 4.31. The smallest absolute Gasteiger partial charge is 0.243 e. The molecule has 0 aromatic rings. The molecule has 0 spiro atoms. The van der Waals surface area contributed by atoms with Gasteiger partial charge in [-0.2, -0.15) is 0 Å². The van der Waals surface area contributed by atoms with E-state index >= 15 is 0 Å². The standard InChI is InChI=1S/C11H21N3OS/c1-5-11(6-2)8-16-10(13-11)12-7-9(15)14(3)4/h5-8H2,1-4H3,(H,12,13). The summed E-state index contributed by atoms with van der Waals surface area (Å²) in [5, 5.41) is 4.36. The van der Waals surface area contributed by atoms with Crippen LogP contribution in [-0.2, 0) is 4.79 Å². The lowest BCUT2D eigenvalue weighted by Crippen LogP contribution is -2.42. The van der Waals surface area contributed by atoms with E-state index in [1.807, 2.05) is 0 Å². The molecule has 1 saturated heterocycles. The van der Waals surface area contributed by atoms with Crippen LogP contribution in [0.2, 0.25) is 0 Å². The van der Waals surface area contributed by atoms with Crippen LogP contribution in [0.1, 0.15) is 26.7 Å². The van der Waals surface area contributed by atoms with Gasteiger partial charge in [-0.25, -0.2) is 0 Å². The molecular weight excluding hydrogens is 222 g/mol. The van der Waals surface area contributed by atoms with Crippen molar-refractivity contribution in [1.29, 1.82) is 0 Å². The van der Waals surface area contributed by atoms with Crippen molar-refractivity contribution in [3.05, 3.63) is 0 Å². The van der Waals surface area contributed by atoms with Crippen molar-refractivity contribution in [3.8, 4) is 0 Å². The quantitative estimate of drug-likeness (QED) is 0.810. The summed E-state index contributed by atoms with van der Waals surface area (Å²) >= 11 is 1.72. The van der Waals surface area contributed by atoms with Crippen molar-refractivity contribution in [1.82, 2.24) is 10.2 Å². The topological polar surface area (TPSA) is 44.7 Å². The van der Waals surface area contributed by atoms with Gasteiger partial charge in [0.05, 0.1) is 0 Å². The maximum atomic E-state index is 11.4. The second-order valence-corrected chi connectivity index (χ2v) is 5.27. The highest BCUT2D eigenvalue weighted by atomic mass is 32.2. The highest BCUT2D eigenvalue weighted by Crippen LogP contribution is 2.28. The number of nitrogens with zero attached hydrogens (tertiary/aromatic N) is 2. The minimum Gasteiger partial charge on any atom is -0.359 e. The average Bonchev–Trinajstić information content (AvgIpc) is 2.70. The Balaban J connectivity index is 2.52. The summed E-state index contributed by atoms with van der Waals surface area (Å²) in [7, 11) is 3.50. The molecule has 1 aliphatic heterocycles. The summed E-state index contributed by atoms with van der Waals surface area (Å²) in [4.78, 5) is 17.3. The molecule has 0 aromatic carbocycles. The zero-order chi connectivity index (χ0) is 12.2. The van der Waals surface area contributed by atoms with Crippen LogP contribution in [0.5, 0.6) is 0 Å². The summed E-state index contributed by atoms with van der Waals surface area (Å²) in [6.45, 7) is 4.61. The van der Waals surface area contributed by atoms with Gasteiger partial charge in [-0.1, -0.05) is 25.6 Å². The number of likely N-dealkylation sites (N-methyl/N-ethyl adjacent to an activating group) is 1. The number of hydrogen-bond donors (Lipinski definition) is 1. The van der Waals surface area contributed by atoms with Gasteiger partial charge in [0.2, 0.25) is 5.91 Å². The summed E-state index contributed by atoms with van der Waals surface area (Å²) < 4.78 is 0. The Morgan fingerprint density at radius 1 is 1.50 bits per heavy atom. The Morgan fingerprint density at radius 3 is 2.56 bits per heavy atom. The number of hydrogen-bond acceptors (Lipinski definition) is 3. The maximum absolute atomic E-state index is 11.4. The minimum absolute atomic E-state index is 0.0420. The molecule has 1 aliphatic rings. The predicted molar refractivity (Wildman–Crippen MR) is 69.9 cm³/mol. The molecule has 0 atom stereocenters. The third-order valence-electron chi connectivity index (χ3n) is 3.07. The van der Waals surface area contributed by atoms with Gasteiger partial charge >= 0.3 is 0 Å². The lowest BCUT2D eigenvalue weighted by molar-refractivity contribution is -0.127. The van der Waals surface area contributed by atoms with Crippen LogP contribution in [0.3, 0.4) is 0 Å². The Hall–Kier alpha value is -0.710. The van der Waals surface area contributed by atoms with Crippen molar-refractivity contribution in [2.75, 3.05) is 26.4 Å². The average molecular weight is 243 g/mol. The van der Waals surface area contributed by atoms with Crippen LogP contribution in [0, 0.1) is 0 Å². The Morgan fingerprint density at radius 2 is 2.12 bits per heavy atom. The maximum Gasteiger partial charge on any atom is 0.243 e. The molecular formula is C11H21N3OS. The molecule has 1 amide bonds. The van der Waals surface area contributed by atoms with E-state index in [0.29, 0.717) is 0 Å². The molecule has 0 bridgehead atoms. The fraction of sp³-hybridized carbons (Fsp3) is 0.818. The van der Waals surface area contributed by atoms with Gasteiger partial charge in [0.15, 0.2) is 5.17 Å². The van der Waals surface area contributed by atoms with E-state index in [9.17, 15) is 4.79 Å². The molecule has 0 aliphatic carbocycles. The summed E-state index contributed by atoms with van der Waals surface area (Å²) in [6, 6.07) is 0. The van der Waals surface area contributed by atoms with Gasteiger partial charge in [0.25, 0.3) is 0 Å². The third kappa shape index (κ3) is 3.14. The molecule has 0 saturated carbocycles. The zero-order valence-corrected chi connectivity index (χ0v) is 11.4. The Bertz CT molecular complexity index is 285. The van der Waals surface area contributed by atoms with Crippen LogP contribution in [0.4, 0.5) is 0 Å². The van der Waals surface area contributed by atoms with Gasteiger partial charge in [-0.15, -0.1) is 0 Å². The lowest BCUT2D eigenvalue weighted by Gasteiger charge is -2.25. The van der Waals surface area contributed by atoms with E-state index in [0.717, 1.165) is 23.8 Å². The van der Waals surface area contributed by atoms with Gasteiger partial charge in [0.1, 0.15) is 6.54 Å². The molecule has 1 heterocycles. The number of nitrogens with one attached hydrogen (secondary N) is 1. The number of aliphatic imine (C=N–C) groups is 1. The second kappa shape index (κ2) is 5.57.